The lowest BCUT2D eigenvalue weighted by Crippen LogP contribution is -2.19. The summed E-state index contributed by atoms with van der Waals surface area (Å²) in [6, 6.07) is 5.77. The third-order valence-electron chi connectivity index (χ3n) is 2.85. The van der Waals surface area contributed by atoms with Crippen molar-refractivity contribution in [1.82, 2.24) is 0 Å². The van der Waals surface area contributed by atoms with E-state index in [0.717, 1.165) is 24.0 Å². The minimum atomic E-state index is -0.939. The summed E-state index contributed by atoms with van der Waals surface area (Å²) in [5, 5.41) is 1.81. The van der Waals surface area contributed by atoms with Crippen molar-refractivity contribution in [3.63, 3.8) is 0 Å². The maximum atomic E-state index is 12.0. The van der Waals surface area contributed by atoms with E-state index in [1.54, 1.807) is 0 Å². The lowest BCUT2D eigenvalue weighted by molar-refractivity contribution is -0.115. The highest BCUT2D eigenvalue weighted by Crippen LogP contribution is 2.24. The highest BCUT2D eigenvalue weighted by molar-refractivity contribution is 6.54. The predicted molar refractivity (Wildman–Crippen MR) is 81.8 cm³/mol. The van der Waals surface area contributed by atoms with E-state index in [2.05, 4.69) is 5.32 Å². The van der Waals surface area contributed by atoms with E-state index in [9.17, 15) is 9.59 Å². The molecule has 1 rings (SSSR count). The van der Waals surface area contributed by atoms with E-state index in [-0.39, 0.29) is 0 Å². The number of rotatable bonds is 5. The van der Waals surface area contributed by atoms with Crippen LogP contribution in [0, 0.1) is 0 Å². The number of amides is 2. The van der Waals surface area contributed by atoms with Gasteiger partial charge in [-0.3, -0.25) is 9.59 Å². The minimum absolute atomic E-state index is 0.410. The topological polar surface area (TPSA) is 72.2 Å². The summed E-state index contributed by atoms with van der Waals surface area (Å²) < 4.78 is 0. The molecule has 0 aromatic heterocycles. The molecule has 0 unspecified atom stereocenters. The van der Waals surface area contributed by atoms with Crippen LogP contribution in [0.15, 0.2) is 28.3 Å². The molecule has 0 saturated carbocycles. The number of anilines is 1. The van der Waals surface area contributed by atoms with Crippen molar-refractivity contribution < 1.29 is 9.59 Å². The first-order chi connectivity index (χ1) is 9.42. The number of carbonyl (C=O) groups excluding carboxylic acids is 2. The molecule has 0 bridgehead atoms. The number of para-hydroxylation sites is 1. The Labute approximate surface area is 127 Å². The SMILES string of the molecule is CCc1cccc(CC)c1NC(=O)/C(Cl)=C(/Cl)C(N)=O. The molecule has 1 aromatic carbocycles. The van der Waals surface area contributed by atoms with Gasteiger partial charge in [-0.2, -0.15) is 0 Å². The number of nitrogens with two attached hydrogens (primary N) is 1. The van der Waals surface area contributed by atoms with Gasteiger partial charge in [-0.1, -0.05) is 55.2 Å². The second kappa shape index (κ2) is 7.31. The van der Waals surface area contributed by atoms with Gasteiger partial charge < -0.3 is 11.1 Å². The van der Waals surface area contributed by atoms with E-state index in [0.29, 0.717) is 5.69 Å². The van der Waals surface area contributed by atoms with Gasteiger partial charge in [0.15, 0.2) is 0 Å². The molecule has 0 radical (unpaired) electrons. The quantitative estimate of drug-likeness (QED) is 0.820. The maximum Gasteiger partial charge on any atom is 0.268 e. The van der Waals surface area contributed by atoms with E-state index in [1.165, 1.54) is 0 Å². The Kier molecular flexibility index (Phi) is 6.05. The first kappa shape index (κ1) is 16.5. The zero-order valence-electron chi connectivity index (χ0n) is 11.3. The zero-order chi connectivity index (χ0) is 15.3. The van der Waals surface area contributed by atoms with Gasteiger partial charge in [0.05, 0.1) is 0 Å². The zero-order valence-corrected chi connectivity index (χ0v) is 12.8. The van der Waals surface area contributed by atoms with E-state index in [1.807, 2.05) is 32.0 Å². The van der Waals surface area contributed by atoms with Crippen LogP contribution in [0.2, 0.25) is 0 Å². The lowest BCUT2D eigenvalue weighted by atomic mass is 10.0. The molecule has 1 aromatic rings. The Balaban J connectivity index is 3.14. The van der Waals surface area contributed by atoms with Crippen LogP contribution in [-0.4, -0.2) is 11.8 Å². The van der Waals surface area contributed by atoms with Crippen molar-refractivity contribution in [1.29, 1.82) is 0 Å². The van der Waals surface area contributed by atoms with Gasteiger partial charge in [0.1, 0.15) is 10.1 Å². The Bertz CT molecular complexity index is 546. The average Bonchev–Trinajstić information content (AvgIpc) is 2.45. The monoisotopic (exact) mass is 314 g/mol. The fraction of sp³-hybridized carbons (Fsp3) is 0.286. The number of nitrogens with one attached hydrogen (secondary N) is 1. The second-order valence-electron chi connectivity index (χ2n) is 4.10. The van der Waals surface area contributed by atoms with Gasteiger partial charge in [0.2, 0.25) is 0 Å². The molecule has 20 heavy (non-hydrogen) atoms. The fourth-order valence-electron chi connectivity index (χ4n) is 1.78. The van der Waals surface area contributed by atoms with Gasteiger partial charge in [-0.05, 0) is 24.0 Å². The Morgan fingerprint density at radius 2 is 1.60 bits per heavy atom. The number of carbonyl (C=O) groups is 2. The largest absolute Gasteiger partial charge is 0.365 e. The summed E-state index contributed by atoms with van der Waals surface area (Å²) in [6.45, 7) is 3.97. The summed E-state index contributed by atoms with van der Waals surface area (Å²) in [4.78, 5) is 22.9. The fourth-order valence-corrected chi connectivity index (χ4v) is 2.01. The van der Waals surface area contributed by atoms with Gasteiger partial charge >= 0.3 is 0 Å². The van der Waals surface area contributed by atoms with Crippen LogP contribution >= 0.6 is 23.2 Å². The van der Waals surface area contributed by atoms with E-state index in [4.69, 9.17) is 28.9 Å². The molecule has 0 aliphatic rings. The second-order valence-corrected chi connectivity index (χ2v) is 4.86. The number of halogens is 2. The van der Waals surface area contributed by atoms with Crippen LogP contribution in [0.3, 0.4) is 0 Å². The average molecular weight is 315 g/mol. The molecular formula is C14H16Cl2N2O2. The summed E-state index contributed by atoms with van der Waals surface area (Å²) >= 11 is 11.3. The van der Waals surface area contributed by atoms with Crippen molar-refractivity contribution >= 4 is 40.7 Å². The van der Waals surface area contributed by atoms with Crippen molar-refractivity contribution in [2.24, 2.45) is 5.73 Å². The molecule has 0 aliphatic heterocycles. The van der Waals surface area contributed by atoms with Crippen LogP contribution in [0.4, 0.5) is 5.69 Å². The van der Waals surface area contributed by atoms with Crippen LogP contribution in [0.5, 0.6) is 0 Å². The third kappa shape index (κ3) is 3.74. The Morgan fingerprint density at radius 1 is 1.10 bits per heavy atom. The molecule has 0 saturated heterocycles. The molecule has 0 fully saturated rings. The molecule has 0 spiro atoms. The third-order valence-corrected chi connectivity index (χ3v) is 3.68. The molecule has 108 valence electrons. The molecule has 2 amide bonds. The molecule has 4 nitrogen and oxygen atoms in total. The maximum absolute atomic E-state index is 12.0. The van der Waals surface area contributed by atoms with E-state index >= 15 is 0 Å². The van der Waals surface area contributed by atoms with Crippen LogP contribution < -0.4 is 11.1 Å². The smallest absolute Gasteiger partial charge is 0.268 e. The van der Waals surface area contributed by atoms with E-state index < -0.39 is 21.9 Å². The molecular weight excluding hydrogens is 299 g/mol. The van der Waals surface area contributed by atoms with Gasteiger partial charge in [-0.15, -0.1) is 0 Å². The Hall–Kier alpha value is -1.52. The van der Waals surface area contributed by atoms with Crippen molar-refractivity contribution in [2.75, 3.05) is 5.32 Å². The first-order valence-corrected chi connectivity index (χ1v) is 6.95. The lowest BCUT2D eigenvalue weighted by Gasteiger charge is -2.14. The summed E-state index contributed by atoms with van der Waals surface area (Å²) in [5.41, 5.74) is 7.66. The summed E-state index contributed by atoms with van der Waals surface area (Å²) in [5.74, 6) is -1.59. The van der Waals surface area contributed by atoms with Crippen LogP contribution in [0.1, 0.15) is 25.0 Å². The summed E-state index contributed by atoms with van der Waals surface area (Å²) in [7, 11) is 0. The number of hydrogen-bond acceptors (Lipinski definition) is 2. The van der Waals surface area contributed by atoms with Crippen LogP contribution in [0.25, 0.3) is 0 Å². The molecule has 0 heterocycles. The molecule has 3 N–H and O–H groups in total. The number of hydrogen-bond donors (Lipinski definition) is 2. The van der Waals surface area contributed by atoms with Gasteiger partial charge in [0.25, 0.3) is 11.8 Å². The van der Waals surface area contributed by atoms with Crippen molar-refractivity contribution in [3.8, 4) is 0 Å². The van der Waals surface area contributed by atoms with Gasteiger partial charge in [-0.25, -0.2) is 0 Å². The number of benzene rings is 1. The number of aryl methyl sites for hydroxylation is 2. The predicted octanol–water partition coefficient (Wildman–Crippen LogP) is 2.92. The highest BCUT2D eigenvalue weighted by Gasteiger charge is 2.18. The molecule has 0 atom stereocenters. The van der Waals surface area contributed by atoms with Crippen molar-refractivity contribution in [3.05, 3.63) is 39.4 Å². The Morgan fingerprint density at radius 3 is 2.00 bits per heavy atom. The first-order valence-electron chi connectivity index (χ1n) is 6.19. The normalized spacial score (nSPS) is 11.8. The minimum Gasteiger partial charge on any atom is -0.365 e. The number of primary amides is 1. The van der Waals surface area contributed by atoms with Gasteiger partial charge in [0, 0.05) is 5.69 Å². The molecule has 0 aliphatic carbocycles. The highest BCUT2D eigenvalue weighted by atomic mass is 35.5. The van der Waals surface area contributed by atoms with Crippen LogP contribution in [-0.2, 0) is 22.4 Å². The summed E-state index contributed by atoms with van der Waals surface area (Å²) in [6.07, 6.45) is 1.52. The standard InChI is InChI=1S/C14H16Cl2N2O2/c1-3-8-6-5-7-9(4-2)12(8)18-14(20)11(16)10(15)13(17)19/h5-7H,3-4H2,1-2H3,(H2,17,19)(H,18,20)/b11-10-. The molecule has 6 heteroatoms. The van der Waals surface area contributed by atoms with Crippen molar-refractivity contribution in [2.45, 2.75) is 26.7 Å².